The minimum atomic E-state index is -0.863. The van der Waals surface area contributed by atoms with Crippen molar-refractivity contribution in [2.24, 2.45) is 0 Å². The molecule has 0 saturated carbocycles. The quantitative estimate of drug-likeness (QED) is 0.0420. The first-order chi connectivity index (χ1) is 39.7. The Morgan fingerprint density at radius 3 is 0.825 bits per heavy atom. The highest BCUT2D eigenvalue weighted by atomic mass is 16.3. The van der Waals surface area contributed by atoms with Crippen LogP contribution in [0.15, 0.2) is 134 Å². The number of nitrogens with one attached hydrogen (secondary N) is 1. The van der Waals surface area contributed by atoms with Gasteiger partial charge >= 0.3 is 0 Å². The number of unbranched alkanes of at least 4 members (excludes halogenated alkanes) is 35. The van der Waals surface area contributed by atoms with E-state index in [4.69, 9.17) is 0 Å². The number of rotatable bonds is 62. The predicted octanol–water partition coefficient (Wildman–Crippen LogP) is 23.7. The van der Waals surface area contributed by atoms with Gasteiger partial charge in [0.15, 0.2) is 0 Å². The molecular formula is C76H131NO3. The lowest BCUT2D eigenvalue weighted by Gasteiger charge is -2.20. The Bertz CT molecular complexity index is 1590. The topological polar surface area (TPSA) is 69.6 Å². The molecule has 0 spiro atoms. The van der Waals surface area contributed by atoms with E-state index >= 15 is 0 Å². The van der Waals surface area contributed by atoms with E-state index in [2.05, 4.69) is 141 Å². The van der Waals surface area contributed by atoms with Crippen LogP contribution in [-0.2, 0) is 4.79 Å². The molecule has 0 fully saturated rings. The van der Waals surface area contributed by atoms with Crippen LogP contribution < -0.4 is 5.32 Å². The van der Waals surface area contributed by atoms with Crippen LogP contribution in [0.1, 0.15) is 322 Å². The summed E-state index contributed by atoms with van der Waals surface area (Å²) >= 11 is 0. The summed E-state index contributed by atoms with van der Waals surface area (Å²) in [6.45, 7) is 4.20. The van der Waals surface area contributed by atoms with Gasteiger partial charge in [-0.05, 0) is 96.3 Å². The molecule has 4 heteroatoms. The number of carbonyl (C=O) groups excluding carboxylic acids is 1. The zero-order valence-electron chi connectivity index (χ0n) is 52.8. The third-order valence-electron chi connectivity index (χ3n) is 15.1. The molecular weight excluding hydrogens is 975 g/mol. The molecule has 0 aliphatic rings. The summed E-state index contributed by atoms with van der Waals surface area (Å²) in [5.74, 6) is -0.0903. The molecule has 0 rings (SSSR count). The molecule has 0 bridgehead atoms. The zero-order valence-corrected chi connectivity index (χ0v) is 52.8. The van der Waals surface area contributed by atoms with Crippen molar-refractivity contribution in [1.29, 1.82) is 0 Å². The van der Waals surface area contributed by atoms with Gasteiger partial charge in [0, 0.05) is 6.42 Å². The highest BCUT2D eigenvalue weighted by Crippen LogP contribution is 2.18. The Morgan fingerprint density at radius 1 is 0.312 bits per heavy atom. The molecule has 1 amide bonds. The summed E-state index contributed by atoms with van der Waals surface area (Å²) in [5, 5.41) is 23.3. The van der Waals surface area contributed by atoms with Crippen molar-refractivity contribution in [3.05, 3.63) is 134 Å². The van der Waals surface area contributed by atoms with E-state index in [-0.39, 0.29) is 12.5 Å². The molecule has 0 saturated heterocycles. The fraction of sp³-hybridized carbons (Fsp3) is 0.697. The van der Waals surface area contributed by atoms with Gasteiger partial charge in [0.05, 0.1) is 18.8 Å². The molecule has 80 heavy (non-hydrogen) atoms. The molecule has 0 aromatic heterocycles. The van der Waals surface area contributed by atoms with Gasteiger partial charge in [-0.1, -0.05) is 353 Å². The van der Waals surface area contributed by atoms with E-state index in [0.717, 1.165) is 109 Å². The van der Waals surface area contributed by atoms with Gasteiger partial charge in [0.25, 0.3) is 0 Å². The summed E-state index contributed by atoms with van der Waals surface area (Å²) in [6, 6.07) is -0.649. The molecule has 0 heterocycles. The predicted molar refractivity (Wildman–Crippen MR) is 359 cm³/mol. The number of carbonyl (C=O) groups is 1. The van der Waals surface area contributed by atoms with Gasteiger partial charge in [-0.3, -0.25) is 4.79 Å². The Balaban J connectivity index is 3.59. The van der Waals surface area contributed by atoms with Crippen molar-refractivity contribution in [2.45, 2.75) is 334 Å². The number of hydrogen-bond acceptors (Lipinski definition) is 3. The van der Waals surface area contributed by atoms with E-state index < -0.39 is 12.1 Å². The number of hydrogen-bond donors (Lipinski definition) is 3. The molecule has 458 valence electrons. The fourth-order valence-corrected chi connectivity index (χ4v) is 9.97. The number of amides is 1. The lowest BCUT2D eigenvalue weighted by atomic mass is 10.0. The van der Waals surface area contributed by atoms with Crippen LogP contribution in [0.5, 0.6) is 0 Å². The lowest BCUT2D eigenvalue weighted by molar-refractivity contribution is -0.123. The maximum absolute atomic E-state index is 12.5. The molecule has 2 unspecified atom stereocenters. The summed E-state index contributed by atoms with van der Waals surface area (Å²) in [6.07, 6.45) is 108. The second kappa shape index (κ2) is 69.8. The smallest absolute Gasteiger partial charge is 0.220 e. The molecule has 0 aromatic rings. The molecule has 3 N–H and O–H groups in total. The van der Waals surface area contributed by atoms with Crippen molar-refractivity contribution in [3.8, 4) is 0 Å². The van der Waals surface area contributed by atoms with Crippen molar-refractivity contribution in [2.75, 3.05) is 6.61 Å². The Kier molecular flexibility index (Phi) is 66.8. The normalized spacial score (nSPS) is 13.6. The van der Waals surface area contributed by atoms with Crippen LogP contribution in [0.25, 0.3) is 0 Å². The largest absolute Gasteiger partial charge is 0.394 e. The minimum Gasteiger partial charge on any atom is -0.394 e. The summed E-state index contributed by atoms with van der Waals surface area (Å²) in [4.78, 5) is 12.5. The first-order valence-electron chi connectivity index (χ1n) is 34.4. The monoisotopic (exact) mass is 1110 g/mol. The number of allylic oxidation sites excluding steroid dienone is 21. The van der Waals surface area contributed by atoms with Gasteiger partial charge in [0.2, 0.25) is 5.91 Å². The molecule has 2 atom stereocenters. The third-order valence-corrected chi connectivity index (χ3v) is 15.1. The third kappa shape index (κ3) is 65.3. The number of aliphatic hydroxyl groups excluding tert-OH is 2. The van der Waals surface area contributed by atoms with E-state index in [1.54, 1.807) is 6.08 Å². The second-order valence-corrected chi connectivity index (χ2v) is 22.9. The van der Waals surface area contributed by atoms with Crippen LogP contribution >= 0.6 is 0 Å². The van der Waals surface area contributed by atoms with E-state index in [1.165, 1.54) is 193 Å². The highest BCUT2D eigenvalue weighted by Gasteiger charge is 2.18. The van der Waals surface area contributed by atoms with E-state index in [9.17, 15) is 15.0 Å². The Labute approximate surface area is 498 Å². The Hall–Kier alpha value is -3.47. The second-order valence-electron chi connectivity index (χ2n) is 22.9. The maximum atomic E-state index is 12.5. The number of aliphatic hydroxyl groups is 2. The van der Waals surface area contributed by atoms with Gasteiger partial charge in [-0.2, -0.15) is 0 Å². The van der Waals surface area contributed by atoms with Crippen LogP contribution in [-0.4, -0.2) is 34.9 Å². The van der Waals surface area contributed by atoms with Gasteiger partial charge in [-0.25, -0.2) is 0 Å². The molecule has 0 aliphatic heterocycles. The van der Waals surface area contributed by atoms with Crippen molar-refractivity contribution in [1.82, 2.24) is 5.32 Å². The van der Waals surface area contributed by atoms with Crippen molar-refractivity contribution >= 4 is 5.91 Å². The lowest BCUT2D eigenvalue weighted by Crippen LogP contribution is -2.45. The van der Waals surface area contributed by atoms with Gasteiger partial charge in [0.1, 0.15) is 0 Å². The minimum absolute atomic E-state index is 0.0903. The van der Waals surface area contributed by atoms with Gasteiger partial charge in [-0.15, -0.1) is 0 Å². The first kappa shape index (κ1) is 76.5. The Morgan fingerprint density at radius 2 is 0.550 bits per heavy atom. The fourth-order valence-electron chi connectivity index (χ4n) is 9.97. The van der Waals surface area contributed by atoms with Crippen LogP contribution in [0.4, 0.5) is 0 Å². The maximum Gasteiger partial charge on any atom is 0.220 e. The standard InChI is InChI=1S/C76H131NO3/c1-3-5-7-9-11-13-15-17-19-21-23-25-27-29-31-33-35-37-38-40-42-44-46-48-50-52-54-56-58-60-62-64-66-68-70-72-76(80)77-74(73-78)75(79)71-69-67-65-63-61-59-57-55-53-51-49-47-45-43-41-39-36-34-32-30-28-26-24-22-20-18-16-14-12-10-8-6-4-2/h5,7,11,13,17,19,23,25,29,31,35,37,40,42,46,48,52,54,58,60,69,71,74-75,78-79H,3-4,6,8-10,12,14-16,18,20-22,24,26-28,30,32-34,36,38-39,41,43-45,47,49-51,53,55-57,59,61-68,70,72-73H2,1-2H3,(H,77,80)/b7-5-,13-11-,19-17-,25-23-,31-29-,37-35-,42-40-,48-46-,54-52-,60-58-,71-69+. The average molecular weight is 1110 g/mol. The van der Waals surface area contributed by atoms with E-state index in [1.807, 2.05) is 6.08 Å². The molecule has 0 aromatic carbocycles. The van der Waals surface area contributed by atoms with Crippen LogP contribution in [0, 0.1) is 0 Å². The van der Waals surface area contributed by atoms with Gasteiger partial charge < -0.3 is 15.5 Å². The van der Waals surface area contributed by atoms with Crippen molar-refractivity contribution < 1.29 is 15.0 Å². The molecule has 0 aliphatic carbocycles. The average Bonchev–Trinajstić information content (AvgIpc) is 3.46. The van der Waals surface area contributed by atoms with E-state index in [0.29, 0.717) is 6.42 Å². The molecule has 0 radical (unpaired) electrons. The summed E-state index contributed by atoms with van der Waals surface area (Å²) in [7, 11) is 0. The van der Waals surface area contributed by atoms with Crippen molar-refractivity contribution in [3.63, 3.8) is 0 Å². The zero-order chi connectivity index (χ0) is 57.6. The van der Waals surface area contributed by atoms with Crippen LogP contribution in [0.2, 0.25) is 0 Å². The van der Waals surface area contributed by atoms with Crippen LogP contribution in [0.3, 0.4) is 0 Å². The summed E-state index contributed by atoms with van der Waals surface area (Å²) < 4.78 is 0. The first-order valence-corrected chi connectivity index (χ1v) is 34.4. The SMILES string of the molecule is CC/C=C\C/C=C\C/C=C\C/C=C\C/C=C\C/C=C\C/C=C\C/C=C\C/C=C\C/C=C\CCCCCCC(=O)NC(CO)C(O)/C=C/CCCCCCCCCCCCCCCCCCCCCCCCCCCCCCCCC. The highest BCUT2D eigenvalue weighted by molar-refractivity contribution is 5.76. The summed E-state index contributed by atoms with van der Waals surface area (Å²) in [5.41, 5.74) is 0. The molecule has 4 nitrogen and oxygen atoms in total.